The Hall–Kier alpha value is -1.60. The van der Waals surface area contributed by atoms with Gasteiger partial charge in [0.1, 0.15) is 10.6 Å². The number of nitrogens with two attached hydrogens (primary N) is 1. The van der Waals surface area contributed by atoms with Crippen molar-refractivity contribution in [1.82, 2.24) is 4.37 Å². The minimum atomic E-state index is -0.466. The van der Waals surface area contributed by atoms with Gasteiger partial charge in [-0.15, -0.1) is 11.3 Å². The van der Waals surface area contributed by atoms with Gasteiger partial charge in [-0.2, -0.15) is 4.37 Å². The van der Waals surface area contributed by atoms with Crippen molar-refractivity contribution in [3.8, 4) is 0 Å². The van der Waals surface area contributed by atoms with Crippen LogP contribution in [-0.2, 0) is 11.3 Å². The number of thiophene rings is 1. The third-order valence-electron chi connectivity index (χ3n) is 2.49. The topological polar surface area (TPSA) is 77.2 Å². The standard InChI is InChI=1S/C11H13N3O2S2/c1-6-3-4-17-7(6)5-13-10-8(11(15)16-2)9(12)14-18-10/h3-4,13H,5H2,1-2H3,(H2,12,14). The molecule has 0 bridgehead atoms. The third-order valence-corrected chi connectivity index (χ3v) is 4.33. The quantitative estimate of drug-likeness (QED) is 0.843. The van der Waals surface area contributed by atoms with Gasteiger partial charge in [-0.25, -0.2) is 4.79 Å². The van der Waals surface area contributed by atoms with Gasteiger partial charge in [0.05, 0.1) is 13.7 Å². The summed E-state index contributed by atoms with van der Waals surface area (Å²) in [5.41, 5.74) is 7.20. The van der Waals surface area contributed by atoms with Crippen LogP contribution in [0.1, 0.15) is 20.8 Å². The van der Waals surface area contributed by atoms with E-state index < -0.39 is 5.97 Å². The summed E-state index contributed by atoms with van der Waals surface area (Å²) >= 11 is 2.84. The molecular formula is C11H13N3O2S2. The summed E-state index contributed by atoms with van der Waals surface area (Å²) in [6, 6.07) is 2.06. The van der Waals surface area contributed by atoms with Crippen molar-refractivity contribution in [1.29, 1.82) is 0 Å². The molecular weight excluding hydrogens is 270 g/mol. The average molecular weight is 283 g/mol. The zero-order chi connectivity index (χ0) is 13.1. The fraction of sp³-hybridized carbons (Fsp3) is 0.273. The summed E-state index contributed by atoms with van der Waals surface area (Å²) in [5, 5.41) is 5.86. The SMILES string of the molecule is COC(=O)c1c(N)nsc1NCc1sccc1C. The van der Waals surface area contributed by atoms with E-state index in [0.717, 1.165) is 0 Å². The summed E-state index contributed by atoms with van der Waals surface area (Å²) < 4.78 is 8.65. The van der Waals surface area contributed by atoms with E-state index in [1.165, 1.54) is 29.1 Å². The number of aromatic nitrogens is 1. The van der Waals surface area contributed by atoms with Crippen molar-refractivity contribution >= 4 is 39.7 Å². The number of nitrogen functional groups attached to an aromatic ring is 1. The smallest absolute Gasteiger partial charge is 0.344 e. The number of nitrogens with zero attached hydrogens (tertiary/aromatic N) is 1. The van der Waals surface area contributed by atoms with Crippen LogP contribution in [0.25, 0.3) is 0 Å². The first kappa shape index (κ1) is 12.8. The molecule has 2 aromatic rings. The second-order valence-corrected chi connectivity index (χ2v) is 5.42. The first-order valence-electron chi connectivity index (χ1n) is 5.23. The molecule has 0 aromatic carbocycles. The number of methoxy groups -OCH3 is 1. The molecule has 2 rings (SSSR count). The van der Waals surface area contributed by atoms with E-state index in [4.69, 9.17) is 5.73 Å². The lowest BCUT2D eigenvalue weighted by Crippen LogP contribution is -2.08. The number of nitrogens with one attached hydrogen (secondary N) is 1. The summed E-state index contributed by atoms with van der Waals surface area (Å²) in [7, 11) is 1.33. The van der Waals surface area contributed by atoms with Gasteiger partial charge < -0.3 is 15.8 Å². The van der Waals surface area contributed by atoms with Gasteiger partial charge in [-0.1, -0.05) is 0 Å². The normalized spacial score (nSPS) is 10.3. The third kappa shape index (κ3) is 2.46. The van der Waals surface area contributed by atoms with Gasteiger partial charge >= 0.3 is 5.97 Å². The van der Waals surface area contributed by atoms with Gasteiger partial charge in [0.15, 0.2) is 5.82 Å². The van der Waals surface area contributed by atoms with Crippen LogP contribution in [0.4, 0.5) is 10.8 Å². The Morgan fingerprint density at radius 1 is 1.61 bits per heavy atom. The van der Waals surface area contributed by atoms with Crippen molar-refractivity contribution in [3.05, 3.63) is 27.5 Å². The van der Waals surface area contributed by atoms with Crippen molar-refractivity contribution in [3.63, 3.8) is 0 Å². The minimum Gasteiger partial charge on any atom is -0.465 e. The van der Waals surface area contributed by atoms with Gasteiger partial charge in [0.2, 0.25) is 0 Å². The molecule has 0 saturated carbocycles. The minimum absolute atomic E-state index is 0.206. The predicted molar refractivity (Wildman–Crippen MR) is 74.2 cm³/mol. The van der Waals surface area contributed by atoms with E-state index in [0.29, 0.717) is 17.1 Å². The highest BCUT2D eigenvalue weighted by atomic mass is 32.1. The number of rotatable bonds is 4. The predicted octanol–water partition coefficient (Wildman–Crippen LogP) is 2.49. The number of hydrogen-bond donors (Lipinski definition) is 2. The molecule has 2 heterocycles. The lowest BCUT2D eigenvalue weighted by Gasteiger charge is -2.05. The highest BCUT2D eigenvalue weighted by Gasteiger charge is 2.19. The molecule has 0 fully saturated rings. The zero-order valence-electron chi connectivity index (χ0n) is 10.0. The molecule has 18 heavy (non-hydrogen) atoms. The van der Waals surface area contributed by atoms with Crippen LogP contribution in [0.15, 0.2) is 11.4 Å². The zero-order valence-corrected chi connectivity index (χ0v) is 11.7. The van der Waals surface area contributed by atoms with Crippen LogP contribution >= 0.6 is 22.9 Å². The molecule has 0 spiro atoms. The number of hydrogen-bond acceptors (Lipinski definition) is 7. The number of carbonyl (C=O) groups excluding carboxylic acids is 1. The highest BCUT2D eigenvalue weighted by molar-refractivity contribution is 7.11. The second-order valence-electron chi connectivity index (χ2n) is 3.64. The van der Waals surface area contributed by atoms with Gasteiger partial charge in [-0.3, -0.25) is 0 Å². The first-order chi connectivity index (χ1) is 8.63. The molecule has 7 heteroatoms. The van der Waals surface area contributed by atoms with Crippen molar-refractivity contribution in [2.45, 2.75) is 13.5 Å². The summed E-state index contributed by atoms with van der Waals surface area (Å²) in [6.45, 7) is 2.70. The molecule has 5 nitrogen and oxygen atoms in total. The van der Waals surface area contributed by atoms with E-state index >= 15 is 0 Å². The number of esters is 1. The Morgan fingerprint density at radius 2 is 2.39 bits per heavy atom. The Labute approximate surface area is 113 Å². The molecule has 0 atom stereocenters. The largest absolute Gasteiger partial charge is 0.465 e. The molecule has 0 aliphatic heterocycles. The van der Waals surface area contributed by atoms with Gasteiger partial charge in [0.25, 0.3) is 0 Å². The van der Waals surface area contributed by atoms with Gasteiger partial charge in [0, 0.05) is 4.88 Å². The molecule has 2 aromatic heterocycles. The van der Waals surface area contributed by atoms with Gasteiger partial charge in [-0.05, 0) is 35.5 Å². The average Bonchev–Trinajstić information content (AvgIpc) is 2.92. The van der Waals surface area contributed by atoms with Crippen LogP contribution in [-0.4, -0.2) is 17.5 Å². The molecule has 0 radical (unpaired) electrons. The van der Waals surface area contributed by atoms with E-state index in [1.807, 2.05) is 5.38 Å². The lowest BCUT2D eigenvalue weighted by molar-refractivity contribution is 0.0603. The molecule has 0 aliphatic rings. The monoisotopic (exact) mass is 283 g/mol. The molecule has 0 saturated heterocycles. The van der Waals surface area contributed by atoms with Crippen molar-refractivity contribution < 1.29 is 9.53 Å². The Kier molecular flexibility index (Phi) is 3.83. The molecule has 96 valence electrons. The van der Waals surface area contributed by atoms with Crippen molar-refractivity contribution in [2.75, 3.05) is 18.2 Å². The second kappa shape index (κ2) is 5.36. The summed E-state index contributed by atoms with van der Waals surface area (Å²) in [4.78, 5) is 12.8. The Balaban J connectivity index is 2.15. The first-order valence-corrected chi connectivity index (χ1v) is 6.89. The van der Waals surface area contributed by atoms with E-state index in [2.05, 4.69) is 27.4 Å². The fourth-order valence-corrected chi connectivity index (χ4v) is 3.01. The fourth-order valence-electron chi connectivity index (χ4n) is 1.47. The van der Waals surface area contributed by atoms with Crippen LogP contribution in [0.3, 0.4) is 0 Å². The van der Waals surface area contributed by atoms with E-state index in [-0.39, 0.29) is 5.82 Å². The Morgan fingerprint density at radius 3 is 3.00 bits per heavy atom. The summed E-state index contributed by atoms with van der Waals surface area (Å²) in [6.07, 6.45) is 0. The lowest BCUT2D eigenvalue weighted by atomic mass is 10.3. The van der Waals surface area contributed by atoms with Crippen molar-refractivity contribution in [2.24, 2.45) is 0 Å². The maximum Gasteiger partial charge on any atom is 0.344 e. The molecule has 0 amide bonds. The highest BCUT2D eigenvalue weighted by Crippen LogP contribution is 2.28. The Bertz CT molecular complexity index is 562. The van der Waals surface area contributed by atoms with E-state index in [1.54, 1.807) is 11.3 Å². The van der Waals surface area contributed by atoms with Crippen LogP contribution < -0.4 is 11.1 Å². The number of anilines is 2. The number of aryl methyl sites for hydroxylation is 1. The van der Waals surface area contributed by atoms with Crippen LogP contribution in [0.2, 0.25) is 0 Å². The molecule has 0 unspecified atom stereocenters. The van der Waals surface area contributed by atoms with Crippen LogP contribution in [0.5, 0.6) is 0 Å². The number of ether oxygens (including phenoxy) is 1. The maximum absolute atomic E-state index is 11.6. The van der Waals surface area contributed by atoms with Crippen LogP contribution in [0, 0.1) is 6.92 Å². The maximum atomic E-state index is 11.6. The van der Waals surface area contributed by atoms with E-state index in [9.17, 15) is 4.79 Å². The molecule has 3 N–H and O–H groups in total. The summed E-state index contributed by atoms with van der Waals surface area (Å²) in [5.74, 6) is -0.260. The molecule has 0 aliphatic carbocycles. The number of carbonyl (C=O) groups is 1.